The van der Waals surface area contributed by atoms with E-state index in [-0.39, 0.29) is 12.2 Å². The van der Waals surface area contributed by atoms with Gasteiger partial charge in [0.05, 0.1) is 12.2 Å². The molecule has 182 valence electrons. The van der Waals surface area contributed by atoms with Gasteiger partial charge in [0.25, 0.3) is 0 Å². The molecule has 0 aromatic carbocycles. The summed E-state index contributed by atoms with van der Waals surface area (Å²) in [7, 11) is 0. The van der Waals surface area contributed by atoms with Gasteiger partial charge in [0.1, 0.15) is 0 Å². The smallest absolute Gasteiger partial charge is 0.0564 e. The second kappa shape index (κ2) is 25.2. The second-order valence-electron chi connectivity index (χ2n) is 9.84. The molecule has 2 heteroatoms. The summed E-state index contributed by atoms with van der Waals surface area (Å²) in [6.07, 6.45) is 30.1. The molecule has 0 aromatic heterocycles. The molecule has 0 radical (unpaired) electrons. The summed E-state index contributed by atoms with van der Waals surface area (Å²) < 4.78 is 0. The normalized spacial score (nSPS) is 13.6. The van der Waals surface area contributed by atoms with Crippen molar-refractivity contribution in [3.05, 3.63) is 0 Å². The van der Waals surface area contributed by atoms with Crippen LogP contribution in [0.25, 0.3) is 0 Å². The molecule has 0 bridgehead atoms. The molecule has 0 fully saturated rings. The van der Waals surface area contributed by atoms with Gasteiger partial charge in [-0.25, -0.2) is 0 Å². The third-order valence-corrected chi connectivity index (χ3v) is 6.58. The highest BCUT2D eigenvalue weighted by molar-refractivity contribution is 4.64. The van der Waals surface area contributed by atoms with Crippen LogP contribution in [-0.2, 0) is 0 Å². The van der Waals surface area contributed by atoms with Crippen molar-refractivity contribution >= 4 is 0 Å². The van der Waals surface area contributed by atoms with Crippen LogP contribution in [0.4, 0.5) is 0 Å². The molecule has 2 N–H and O–H groups in total. The molecular weight excluding hydrogens is 368 g/mol. The molecule has 0 saturated carbocycles. The number of aliphatic hydroxyl groups is 2. The molecule has 0 amide bonds. The molecule has 0 heterocycles. The van der Waals surface area contributed by atoms with Crippen LogP contribution in [-0.4, -0.2) is 22.4 Å². The van der Waals surface area contributed by atoms with Crippen LogP contribution in [0.1, 0.15) is 168 Å². The summed E-state index contributed by atoms with van der Waals surface area (Å²) in [5.41, 5.74) is 0. The van der Waals surface area contributed by atoms with Crippen LogP contribution in [0, 0.1) is 0 Å². The minimum atomic E-state index is -0.303. The van der Waals surface area contributed by atoms with Crippen molar-refractivity contribution in [2.45, 2.75) is 180 Å². The highest BCUT2D eigenvalue weighted by atomic mass is 16.3. The maximum absolute atomic E-state index is 10.1. The highest BCUT2D eigenvalue weighted by Crippen LogP contribution is 2.16. The molecular formula is C28H58O2. The van der Waals surface area contributed by atoms with Gasteiger partial charge in [-0.05, 0) is 19.3 Å². The Balaban J connectivity index is 3.20. The first-order valence-corrected chi connectivity index (χ1v) is 14.1. The molecule has 0 saturated heterocycles. The van der Waals surface area contributed by atoms with Crippen molar-refractivity contribution in [2.24, 2.45) is 0 Å². The molecule has 2 unspecified atom stereocenters. The van der Waals surface area contributed by atoms with Crippen molar-refractivity contribution < 1.29 is 10.2 Å². The van der Waals surface area contributed by atoms with E-state index < -0.39 is 0 Å². The number of aliphatic hydroxyl groups excluding tert-OH is 2. The van der Waals surface area contributed by atoms with Crippen LogP contribution in [0.5, 0.6) is 0 Å². The third-order valence-electron chi connectivity index (χ3n) is 6.58. The quantitative estimate of drug-likeness (QED) is 0.143. The lowest BCUT2D eigenvalue weighted by Crippen LogP contribution is -2.17. The Kier molecular flexibility index (Phi) is 25.1. The predicted molar refractivity (Wildman–Crippen MR) is 134 cm³/mol. The summed E-state index contributed by atoms with van der Waals surface area (Å²) >= 11 is 0. The van der Waals surface area contributed by atoms with E-state index in [2.05, 4.69) is 13.8 Å². The van der Waals surface area contributed by atoms with Crippen molar-refractivity contribution in [2.75, 3.05) is 0 Å². The van der Waals surface area contributed by atoms with E-state index in [0.29, 0.717) is 6.42 Å². The van der Waals surface area contributed by atoms with Gasteiger partial charge < -0.3 is 10.2 Å². The number of rotatable bonds is 25. The van der Waals surface area contributed by atoms with Gasteiger partial charge in [-0.15, -0.1) is 0 Å². The van der Waals surface area contributed by atoms with Gasteiger partial charge in [0.2, 0.25) is 0 Å². The van der Waals surface area contributed by atoms with E-state index in [1.54, 1.807) is 0 Å². The molecule has 30 heavy (non-hydrogen) atoms. The maximum atomic E-state index is 10.1. The zero-order valence-electron chi connectivity index (χ0n) is 21.0. The predicted octanol–water partition coefficient (Wildman–Crippen LogP) is 9.11. The monoisotopic (exact) mass is 426 g/mol. The van der Waals surface area contributed by atoms with Crippen LogP contribution in [0.2, 0.25) is 0 Å². The summed E-state index contributed by atoms with van der Waals surface area (Å²) in [5.74, 6) is 0. The Hall–Kier alpha value is -0.0800. The lowest BCUT2D eigenvalue weighted by molar-refractivity contribution is 0.0680. The zero-order valence-corrected chi connectivity index (χ0v) is 21.0. The summed E-state index contributed by atoms with van der Waals surface area (Å²) in [4.78, 5) is 0. The fourth-order valence-corrected chi connectivity index (χ4v) is 4.46. The average Bonchev–Trinajstić information content (AvgIpc) is 2.73. The minimum absolute atomic E-state index is 0.303. The standard InChI is InChI=1S/C28H58O2/c1-3-5-7-9-10-11-12-13-14-15-16-17-18-19-20-21-23-25-28(30)26-27(29)24-22-8-6-4-2/h27-30H,3-26H2,1-2H3. The van der Waals surface area contributed by atoms with Crippen molar-refractivity contribution in [1.29, 1.82) is 0 Å². The van der Waals surface area contributed by atoms with Crippen LogP contribution >= 0.6 is 0 Å². The topological polar surface area (TPSA) is 40.5 Å². The molecule has 0 aliphatic heterocycles. The van der Waals surface area contributed by atoms with Gasteiger partial charge >= 0.3 is 0 Å². The van der Waals surface area contributed by atoms with E-state index in [1.165, 1.54) is 122 Å². The Labute approximate surface area is 190 Å². The lowest BCUT2D eigenvalue weighted by Gasteiger charge is -2.15. The van der Waals surface area contributed by atoms with Crippen LogP contribution in [0.3, 0.4) is 0 Å². The second-order valence-corrected chi connectivity index (χ2v) is 9.84. The zero-order chi connectivity index (χ0) is 22.1. The first-order valence-electron chi connectivity index (χ1n) is 14.1. The molecule has 0 spiro atoms. The lowest BCUT2D eigenvalue weighted by atomic mass is 10.00. The number of unbranched alkanes of at least 4 members (excludes halogenated alkanes) is 19. The van der Waals surface area contributed by atoms with Gasteiger partial charge in [0, 0.05) is 0 Å². The Morgan fingerprint density at radius 3 is 0.900 bits per heavy atom. The summed E-state index contributed by atoms with van der Waals surface area (Å²) in [6.45, 7) is 4.50. The largest absolute Gasteiger partial charge is 0.393 e. The summed E-state index contributed by atoms with van der Waals surface area (Å²) in [5, 5.41) is 20.1. The minimum Gasteiger partial charge on any atom is -0.393 e. The maximum Gasteiger partial charge on any atom is 0.0564 e. The molecule has 0 aromatic rings. The number of hydrogen-bond donors (Lipinski definition) is 2. The van der Waals surface area contributed by atoms with E-state index in [9.17, 15) is 10.2 Å². The fourth-order valence-electron chi connectivity index (χ4n) is 4.46. The Morgan fingerprint density at radius 1 is 0.367 bits per heavy atom. The van der Waals surface area contributed by atoms with E-state index in [0.717, 1.165) is 25.7 Å². The Bertz CT molecular complexity index is 305. The van der Waals surface area contributed by atoms with Crippen molar-refractivity contribution in [1.82, 2.24) is 0 Å². The average molecular weight is 427 g/mol. The van der Waals surface area contributed by atoms with Gasteiger partial charge in [-0.1, -0.05) is 149 Å². The highest BCUT2D eigenvalue weighted by Gasteiger charge is 2.11. The molecule has 2 nitrogen and oxygen atoms in total. The fraction of sp³-hybridized carbons (Fsp3) is 1.00. The van der Waals surface area contributed by atoms with E-state index in [4.69, 9.17) is 0 Å². The first kappa shape index (κ1) is 29.9. The van der Waals surface area contributed by atoms with Crippen LogP contribution < -0.4 is 0 Å². The van der Waals surface area contributed by atoms with Gasteiger partial charge in [-0.3, -0.25) is 0 Å². The third kappa shape index (κ3) is 24.2. The van der Waals surface area contributed by atoms with Gasteiger partial charge in [-0.2, -0.15) is 0 Å². The number of hydrogen-bond acceptors (Lipinski definition) is 2. The molecule has 0 rings (SSSR count). The molecule has 2 atom stereocenters. The molecule has 0 aliphatic carbocycles. The van der Waals surface area contributed by atoms with Crippen molar-refractivity contribution in [3.63, 3.8) is 0 Å². The van der Waals surface area contributed by atoms with Gasteiger partial charge in [0.15, 0.2) is 0 Å². The SMILES string of the molecule is CCCCCCCCCCCCCCCCCCCC(O)CC(O)CCCCCC. The van der Waals surface area contributed by atoms with Crippen LogP contribution in [0.15, 0.2) is 0 Å². The molecule has 0 aliphatic rings. The van der Waals surface area contributed by atoms with E-state index >= 15 is 0 Å². The first-order chi connectivity index (χ1) is 14.7. The Morgan fingerprint density at radius 2 is 0.600 bits per heavy atom. The summed E-state index contributed by atoms with van der Waals surface area (Å²) in [6, 6.07) is 0. The van der Waals surface area contributed by atoms with E-state index in [1.807, 2.05) is 0 Å². The van der Waals surface area contributed by atoms with Crippen molar-refractivity contribution in [3.8, 4) is 0 Å².